The molecule has 106 valence electrons. The van der Waals surface area contributed by atoms with E-state index in [1.807, 2.05) is 48.5 Å². The van der Waals surface area contributed by atoms with Gasteiger partial charge in [0.2, 0.25) is 5.13 Å². The molecule has 0 bridgehead atoms. The van der Waals surface area contributed by atoms with Gasteiger partial charge in [0.15, 0.2) is 5.01 Å². The van der Waals surface area contributed by atoms with E-state index in [1.54, 1.807) is 0 Å². The van der Waals surface area contributed by atoms with Crippen LogP contribution in [0.1, 0.15) is 5.01 Å². The number of nitrogens with two attached hydrogens (primary N) is 1. The molecule has 6 heteroatoms. The van der Waals surface area contributed by atoms with Crippen molar-refractivity contribution in [3.05, 3.63) is 58.6 Å². The molecule has 2 aromatic carbocycles. The van der Waals surface area contributed by atoms with E-state index in [0.29, 0.717) is 22.5 Å². The second-order valence-electron chi connectivity index (χ2n) is 4.33. The number of ether oxygens (including phenoxy) is 1. The summed E-state index contributed by atoms with van der Waals surface area (Å²) in [7, 11) is 0. The molecule has 0 saturated carbocycles. The summed E-state index contributed by atoms with van der Waals surface area (Å²) in [6.45, 7) is 0.305. The van der Waals surface area contributed by atoms with Crippen LogP contribution in [0.4, 0.5) is 5.13 Å². The van der Waals surface area contributed by atoms with Gasteiger partial charge in [0.05, 0.1) is 5.02 Å². The first-order valence-corrected chi connectivity index (χ1v) is 7.47. The van der Waals surface area contributed by atoms with Gasteiger partial charge in [0.25, 0.3) is 0 Å². The molecule has 1 aromatic heterocycles. The van der Waals surface area contributed by atoms with Crippen molar-refractivity contribution in [2.75, 3.05) is 5.73 Å². The summed E-state index contributed by atoms with van der Waals surface area (Å²) in [6, 6.07) is 15.8. The minimum absolute atomic E-state index is 0.305. The quantitative estimate of drug-likeness (QED) is 0.789. The Balaban J connectivity index is 1.75. The number of hydrogen-bond donors (Lipinski definition) is 1. The highest BCUT2D eigenvalue weighted by Gasteiger charge is 2.07. The third kappa shape index (κ3) is 3.32. The van der Waals surface area contributed by atoms with Gasteiger partial charge in [-0.25, -0.2) is 0 Å². The van der Waals surface area contributed by atoms with Gasteiger partial charge in [0.1, 0.15) is 12.4 Å². The highest BCUT2D eigenvalue weighted by atomic mass is 35.5. The fourth-order valence-corrected chi connectivity index (χ4v) is 2.65. The minimum Gasteiger partial charge on any atom is -0.485 e. The number of rotatable bonds is 4. The van der Waals surface area contributed by atoms with Crippen molar-refractivity contribution in [2.45, 2.75) is 6.61 Å². The maximum absolute atomic E-state index is 6.27. The van der Waals surface area contributed by atoms with Crippen LogP contribution in [0.2, 0.25) is 5.02 Å². The molecule has 0 amide bonds. The molecular formula is C15H12ClN3OS. The molecule has 2 N–H and O–H groups in total. The van der Waals surface area contributed by atoms with Crippen molar-refractivity contribution in [3.8, 4) is 16.9 Å². The molecule has 0 spiro atoms. The number of benzene rings is 2. The van der Waals surface area contributed by atoms with Crippen LogP contribution in [0.3, 0.4) is 0 Å². The van der Waals surface area contributed by atoms with Gasteiger partial charge in [-0.1, -0.05) is 59.3 Å². The maximum Gasteiger partial charge on any atom is 0.203 e. The second kappa shape index (κ2) is 6.11. The van der Waals surface area contributed by atoms with Crippen LogP contribution in [-0.2, 0) is 6.61 Å². The predicted molar refractivity (Wildman–Crippen MR) is 85.5 cm³/mol. The fraction of sp³-hybridized carbons (Fsp3) is 0.0667. The van der Waals surface area contributed by atoms with Crippen LogP contribution in [0.25, 0.3) is 11.1 Å². The Morgan fingerprint density at radius 3 is 2.52 bits per heavy atom. The SMILES string of the molecule is Nc1nnc(COc2ccc(-c3ccccc3)cc2Cl)s1. The lowest BCUT2D eigenvalue weighted by Gasteiger charge is -2.08. The molecule has 0 aliphatic rings. The normalized spacial score (nSPS) is 10.5. The number of halogens is 1. The lowest BCUT2D eigenvalue weighted by Crippen LogP contribution is -1.95. The van der Waals surface area contributed by atoms with Crippen molar-refractivity contribution in [3.63, 3.8) is 0 Å². The summed E-state index contributed by atoms with van der Waals surface area (Å²) in [5.41, 5.74) is 7.69. The Morgan fingerprint density at radius 1 is 1.05 bits per heavy atom. The van der Waals surface area contributed by atoms with E-state index < -0.39 is 0 Å². The summed E-state index contributed by atoms with van der Waals surface area (Å²) in [5, 5.41) is 9.35. The predicted octanol–water partition coefficient (Wildman–Crippen LogP) is 4.02. The largest absolute Gasteiger partial charge is 0.485 e. The van der Waals surface area contributed by atoms with E-state index >= 15 is 0 Å². The zero-order valence-corrected chi connectivity index (χ0v) is 12.6. The number of nitrogen functional groups attached to an aromatic ring is 1. The second-order valence-corrected chi connectivity index (χ2v) is 5.83. The number of nitrogens with zero attached hydrogens (tertiary/aromatic N) is 2. The van der Waals surface area contributed by atoms with Gasteiger partial charge in [-0.3, -0.25) is 0 Å². The Hall–Kier alpha value is -2.11. The molecule has 0 aliphatic heterocycles. The maximum atomic E-state index is 6.27. The molecule has 0 radical (unpaired) electrons. The first kappa shape index (κ1) is 13.9. The number of hydrogen-bond acceptors (Lipinski definition) is 5. The number of aromatic nitrogens is 2. The van der Waals surface area contributed by atoms with E-state index in [0.717, 1.165) is 16.1 Å². The third-order valence-corrected chi connectivity index (χ3v) is 3.89. The van der Waals surface area contributed by atoms with E-state index in [2.05, 4.69) is 10.2 Å². The highest BCUT2D eigenvalue weighted by Crippen LogP contribution is 2.31. The first-order valence-electron chi connectivity index (χ1n) is 6.28. The Morgan fingerprint density at radius 2 is 1.86 bits per heavy atom. The molecular weight excluding hydrogens is 306 g/mol. The Bertz CT molecular complexity index is 746. The van der Waals surface area contributed by atoms with Crippen LogP contribution in [0.15, 0.2) is 48.5 Å². The highest BCUT2D eigenvalue weighted by molar-refractivity contribution is 7.15. The van der Waals surface area contributed by atoms with Crippen LogP contribution in [0, 0.1) is 0 Å². The first-order chi connectivity index (χ1) is 10.2. The summed E-state index contributed by atoms with van der Waals surface area (Å²) < 4.78 is 5.65. The summed E-state index contributed by atoms with van der Waals surface area (Å²) >= 11 is 7.57. The zero-order chi connectivity index (χ0) is 14.7. The molecule has 0 fully saturated rings. The molecule has 3 aromatic rings. The topological polar surface area (TPSA) is 61.0 Å². The van der Waals surface area contributed by atoms with Gasteiger partial charge in [-0.15, -0.1) is 10.2 Å². The Kier molecular flexibility index (Phi) is 4.03. The van der Waals surface area contributed by atoms with Gasteiger partial charge in [0, 0.05) is 0 Å². The lowest BCUT2D eigenvalue weighted by molar-refractivity contribution is 0.305. The summed E-state index contributed by atoms with van der Waals surface area (Å²) in [6.07, 6.45) is 0. The van der Waals surface area contributed by atoms with Crippen LogP contribution in [0.5, 0.6) is 5.75 Å². The standard InChI is InChI=1S/C15H12ClN3OS/c16-12-8-11(10-4-2-1-3-5-10)6-7-13(12)20-9-14-18-19-15(17)21-14/h1-8H,9H2,(H2,17,19). The average molecular weight is 318 g/mol. The van der Waals surface area contributed by atoms with Crippen LogP contribution < -0.4 is 10.5 Å². The van der Waals surface area contributed by atoms with Gasteiger partial charge in [-0.2, -0.15) is 0 Å². The van der Waals surface area contributed by atoms with Crippen LogP contribution in [-0.4, -0.2) is 10.2 Å². The zero-order valence-electron chi connectivity index (χ0n) is 11.0. The van der Waals surface area contributed by atoms with Crippen LogP contribution >= 0.6 is 22.9 Å². The Labute approximate surface area is 131 Å². The van der Waals surface area contributed by atoms with Crippen molar-refractivity contribution in [1.29, 1.82) is 0 Å². The molecule has 3 rings (SSSR count). The molecule has 0 aliphatic carbocycles. The average Bonchev–Trinajstić information content (AvgIpc) is 2.92. The molecule has 0 unspecified atom stereocenters. The van der Waals surface area contributed by atoms with Crippen molar-refractivity contribution in [2.24, 2.45) is 0 Å². The fourth-order valence-electron chi connectivity index (χ4n) is 1.89. The number of anilines is 1. The van der Waals surface area contributed by atoms with Gasteiger partial charge in [-0.05, 0) is 23.3 Å². The molecule has 4 nitrogen and oxygen atoms in total. The van der Waals surface area contributed by atoms with Crippen molar-refractivity contribution in [1.82, 2.24) is 10.2 Å². The van der Waals surface area contributed by atoms with E-state index in [-0.39, 0.29) is 0 Å². The van der Waals surface area contributed by atoms with E-state index in [4.69, 9.17) is 22.1 Å². The van der Waals surface area contributed by atoms with E-state index in [9.17, 15) is 0 Å². The molecule has 0 saturated heterocycles. The van der Waals surface area contributed by atoms with Gasteiger partial charge >= 0.3 is 0 Å². The smallest absolute Gasteiger partial charge is 0.203 e. The monoisotopic (exact) mass is 317 g/mol. The third-order valence-electron chi connectivity index (χ3n) is 2.87. The van der Waals surface area contributed by atoms with E-state index in [1.165, 1.54) is 11.3 Å². The molecule has 1 heterocycles. The lowest BCUT2D eigenvalue weighted by atomic mass is 10.1. The minimum atomic E-state index is 0.305. The molecule has 0 atom stereocenters. The summed E-state index contributed by atoms with van der Waals surface area (Å²) in [4.78, 5) is 0. The van der Waals surface area contributed by atoms with Crippen molar-refractivity contribution >= 4 is 28.1 Å². The molecule has 21 heavy (non-hydrogen) atoms. The van der Waals surface area contributed by atoms with Gasteiger partial charge < -0.3 is 10.5 Å². The summed E-state index contributed by atoms with van der Waals surface area (Å²) in [5.74, 6) is 0.616. The van der Waals surface area contributed by atoms with Crippen molar-refractivity contribution < 1.29 is 4.74 Å².